The third kappa shape index (κ3) is 5.02. The molecule has 184 valence electrons. The number of aryl methyl sites for hydroxylation is 1. The van der Waals surface area contributed by atoms with E-state index in [1.165, 1.54) is 10.8 Å². The summed E-state index contributed by atoms with van der Waals surface area (Å²) in [6, 6.07) is 16.7. The van der Waals surface area contributed by atoms with Crippen LogP contribution in [0.4, 0.5) is 10.5 Å². The number of carbonyl (C=O) groups is 1. The monoisotopic (exact) mass is 483 g/mol. The van der Waals surface area contributed by atoms with Crippen molar-refractivity contribution in [2.45, 2.75) is 57.0 Å². The fourth-order valence-electron chi connectivity index (χ4n) is 5.82. The molecule has 0 saturated carbocycles. The number of methoxy groups -OCH3 is 1. The molecule has 6 nitrogen and oxygen atoms in total. The second-order valence-corrected chi connectivity index (χ2v) is 14.7. The van der Waals surface area contributed by atoms with Gasteiger partial charge in [-0.3, -0.25) is 4.90 Å². The van der Waals surface area contributed by atoms with Gasteiger partial charge in [0, 0.05) is 12.3 Å². The van der Waals surface area contributed by atoms with Crippen molar-refractivity contribution in [3.8, 4) is 5.75 Å². The Morgan fingerprint density at radius 1 is 1.06 bits per heavy atom. The Kier molecular flexibility index (Phi) is 7.65. The Labute approximate surface area is 203 Å². The maximum Gasteiger partial charge on any atom is 0.414 e. The van der Waals surface area contributed by atoms with Crippen molar-refractivity contribution < 1.29 is 24.1 Å². The van der Waals surface area contributed by atoms with Crippen molar-refractivity contribution in [2.24, 2.45) is 5.92 Å². The number of benzene rings is 2. The molecule has 2 saturated heterocycles. The molecule has 2 heterocycles. The van der Waals surface area contributed by atoms with Gasteiger partial charge in [-0.15, -0.1) is 0 Å². The lowest BCUT2D eigenvalue weighted by Crippen LogP contribution is -2.50. The van der Waals surface area contributed by atoms with E-state index in [1.54, 1.807) is 12.0 Å². The molecule has 2 fully saturated rings. The van der Waals surface area contributed by atoms with Gasteiger partial charge in [0.1, 0.15) is 12.4 Å². The third-order valence-electron chi connectivity index (χ3n) is 7.71. The lowest BCUT2D eigenvalue weighted by atomic mass is 9.95. The quantitative estimate of drug-likeness (QED) is 0.537. The number of hydrogen-bond acceptors (Lipinski definition) is 5. The third-order valence-corrected chi connectivity index (χ3v) is 12.1. The van der Waals surface area contributed by atoms with Crippen LogP contribution in [-0.4, -0.2) is 58.3 Å². The van der Waals surface area contributed by atoms with Gasteiger partial charge < -0.3 is 19.3 Å². The van der Waals surface area contributed by atoms with Crippen LogP contribution in [-0.2, 0) is 15.9 Å². The first-order chi connectivity index (χ1) is 16.3. The molecule has 4 rings (SSSR count). The average molecular weight is 484 g/mol. The predicted octanol–water partition coefficient (Wildman–Crippen LogP) is 4.36. The van der Waals surface area contributed by atoms with E-state index in [0.717, 1.165) is 24.3 Å². The van der Waals surface area contributed by atoms with Gasteiger partial charge in [0.25, 0.3) is 0 Å². The summed E-state index contributed by atoms with van der Waals surface area (Å²) in [5, 5.41) is 11.1. The molecule has 0 aromatic heterocycles. The molecule has 0 radical (unpaired) electrons. The van der Waals surface area contributed by atoms with E-state index >= 15 is 0 Å². The Morgan fingerprint density at radius 3 is 2.35 bits per heavy atom. The molecule has 7 heteroatoms. The molecule has 0 bridgehead atoms. The fourth-order valence-corrected chi connectivity index (χ4v) is 9.94. The summed E-state index contributed by atoms with van der Waals surface area (Å²) < 4.78 is 17.0. The first-order valence-corrected chi connectivity index (χ1v) is 15.4. The number of anilines is 1. The zero-order valence-corrected chi connectivity index (χ0v) is 21.7. The van der Waals surface area contributed by atoms with E-state index < -0.39 is 8.07 Å². The Morgan fingerprint density at radius 2 is 1.76 bits per heavy atom. The lowest BCUT2D eigenvalue weighted by Gasteiger charge is -2.36. The molecular formula is C27H37NO5Si. The second-order valence-electron chi connectivity index (χ2n) is 10.0. The molecule has 0 unspecified atom stereocenters. The Hall–Kier alpha value is -2.35. The summed E-state index contributed by atoms with van der Waals surface area (Å²) in [5.41, 5.74) is 2.55. The fraction of sp³-hybridized carbons (Fsp3) is 0.519. The van der Waals surface area contributed by atoms with Gasteiger partial charge in [0.2, 0.25) is 0 Å². The van der Waals surface area contributed by atoms with Crippen LogP contribution in [0, 0.1) is 5.92 Å². The molecule has 2 aromatic rings. The number of cyclic esters (lactones) is 1. The molecule has 2 aliphatic heterocycles. The van der Waals surface area contributed by atoms with E-state index in [0.29, 0.717) is 31.0 Å². The number of aliphatic hydroxyl groups excluding tert-OH is 1. The Balaban J connectivity index is 1.44. The summed E-state index contributed by atoms with van der Waals surface area (Å²) >= 11 is 0. The van der Waals surface area contributed by atoms with Crippen LogP contribution in [0.15, 0.2) is 48.5 Å². The van der Waals surface area contributed by atoms with Gasteiger partial charge >= 0.3 is 6.09 Å². The topological polar surface area (TPSA) is 68.2 Å². The van der Waals surface area contributed by atoms with Crippen molar-refractivity contribution in [3.63, 3.8) is 0 Å². The molecular weight excluding hydrogens is 446 g/mol. The predicted molar refractivity (Wildman–Crippen MR) is 137 cm³/mol. The van der Waals surface area contributed by atoms with Crippen LogP contribution in [0.1, 0.15) is 25.3 Å². The molecule has 0 aliphatic carbocycles. The maximum absolute atomic E-state index is 11.8. The van der Waals surface area contributed by atoms with Crippen LogP contribution in [0.3, 0.4) is 0 Å². The number of nitrogens with zero attached hydrogens (tertiary/aromatic N) is 1. The first kappa shape index (κ1) is 24.8. The highest BCUT2D eigenvalue weighted by molar-refractivity contribution is 6.91. The largest absolute Gasteiger partial charge is 0.497 e. The van der Waals surface area contributed by atoms with E-state index in [9.17, 15) is 9.90 Å². The van der Waals surface area contributed by atoms with Crippen LogP contribution in [0.5, 0.6) is 5.75 Å². The number of aliphatic hydroxyl groups is 1. The zero-order chi connectivity index (χ0) is 24.3. The van der Waals surface area contributed by atoms with Crippen molar-refractivity contribution in [1.29, 1.82) is 0 Å². The van der Waals surface area contributed by atoms with Crippen LogP contribution in [0.2, 0.25) is 18.6 Å². The van der Waals surface area contributed by atoms with E-state index in [4.69, 9.17) is 14.2 Å². The SMILES string of the molecule is COc1ccc([Si](C)(C)[C@@H]2[C@@H](C)[C@@H](CCc3ccc(N4CCOC4=O)cc3)O[C@H]2CCO)cc1. The standard InChI is InChI=1S/C27H37NO5Si/c1-19-24(14-7-20-5-8-21(9-6-20)28-16-18-32-27(28)30)33-25(15-17-29)26(19)34(3,4)23-12-10-22(31-2)11-13-23/h5-6,8-13,19,24-26,29H,7,14-18H2,1-4H3/t19-,24+,25-,26+/m0/s1. The van der Waals surface area contributed by atoms with Gasteiger partial charge in [-0.2, -0.15) is 0 Å². The number of rotatable bonds is 9. The molecule has 34 heavy (non-hydrogen) atoms. The second kappa shape index (κ2) is 10.5. The first-order valence-electron chi connectivity index (χ1n) is 12.3. The molecule has 0 spiro atoms. The number of ether oxygens (including phenoxy) is 3. The highest BCUT2D eigenvalue weighted by atomic mass is 28.3. The van der Waals surface area contributed by atoms with Crippen molar-refractivity contribution in [3.05, 3.63) is 54.1 Å². The average Bonchev–Trinajstić information content (AvgIpc) is 3.41. The summed E-state index contributed by atoms with van der Waals surface area (Å²) in [4.78, 5) is 13.5. The summed E-state index contributed by atoms with van der Waals surface area (Å²) in [6.07, 6.45) is 2.52. The highest BCUT2D eigenvalue weighted by Gasteiger charge is 2.50. The van der Waals surface area contributed by atoms with Crippen molar-refractivity contribution in [1.82, 2.24) is 0 Å². The van der Waals surface area contributed by atoms with Crippen LogP contribution >= 0.6 is 0 Å². The van der Waals surface area contributed by atoms with Gasteiger partial charge in [-0.25, -0.2) is 4.79 Å². The minimum atomic E-state index is -1.87. The summed E-state index contributed by atoms with van der Waals surface area (Å²) in [6.45, 7) is 8.38. The molecule has 1 N–H and O–H groups in total. The van der Waals surface area contributed by atoms with Crippen molar-refractivity contribution >= 4 is 25.0 Å². The molecule has 4 atom stereocenters. The lowest BCUT2D eigenvalue weighted by molar-refractivity contribution is 0.0196. The van der Waals surface area contributed by atoms with Crippen LogP contribution in [0.25, 0.3) is 0 Å². The molecule has 2 aliphatic rings. The number of carbonyl (C=O) groups excluding carboxylic acids is 1. The number of hydrogen-bond donors (Lipinski definition) is 1. The number of amides is 1. The van der Waals surface area contributed by atoms with E-state index in [1.807, 2.05) is 12.1 Å². The van der Waals surface area contributed by atoms with E-state index in [-0.39, 0.29) is 24.9 Å². The minimum Gasteiger partial charge on any atom is -0.497 e. The minimum absolute atomic E-state index is 0.0809. The summed E-state index contributed by atoms with van der Waals surface area (Å²) in [5.74, 6) is 1.29. The smallest absolute Gasteiger partial charge is 0.414 e. The van der Waals surface area contributed by atoms with Crippen molar-refractivity contribution in [2.75, 3.05) is 31.8 Å². The van der Waals surface area contributed by atoms with Gasteiger partial charge in [0.05, 0.1) is 33.9 Å². The highest BCUT2D eigenvalue weighted by Crippen LogP contribution is 2.46. The summed E-state index contributed by atoms with van der Waals surface area (Å²) in [7, 11) is -0.171. The maximum atomic E-state index is 11.8. The molecule has 2 aromatic carbocycles. The van der Waals surface area contributed by atoms with Gasteiger partial charge in [-0.1, -0.05) is 49.5 Å². The molecule has 1 amide bonds. The van der Waals surface area contributed by atoms with Gasteiger partial charge in [-0.05, 0) is 60.6 Å². The van der Waals surface area contributed by atoms with E-state index in [2.05, 4.69) is 56.4 Å². The van der Waals surface area contributed by atoms with Gasteiger partial charge in [0.15, 0.2) is 0 Å². The Bertz CT molecular complexity index is 962. The zero-order valence-electron chi connectivity index (χ0n) is 20.7. The normalized spacial score (nSPS) is 25.0. The van der Waals surface area contributed by atoms with Crippen LogP contribution < -0.4 is 14.8 Å².